The number of aromatic nitrogens is 2. The number of amides is 1. The highest BCUT2D eigenvalue weighted by Crippen LogP contribution is 2.20. The molecule has 3 rings (SSSR count). The summed E-state index contributed by atoms with van der Waals surface area (Å²) in [7, 11) is 0. The van der Waals surface area contributed by atoms with Crippen molar-refractivity contribution in [1.82, 2.24) is 10.1 Å². The third-order valence-corrected chi connectivity index (χ3v) is 3.01. The number of anilines is 1. The van der Waals surface area contributed by atoms with Gasteiger partial charge in [0.15, 0.2) is 0 Å². The second-order valence-electron chi connectivity index (χ2n) is 4.67. The SMILES string of the molecule is O=C(Cc1ccc(F)cc1)Nc1cc(-c2cccnc2)no1. The molecule has 0 atom stereocenters. The minimum Gasteiger partial charge on any atom is -0.338 e. The van der Waals surface area contributed by atoms with Crippen molar-refractivity contribution >= 4 is 11.8 Å². The summed E-state index contributed by atoms with van der Waals surface area (Å²) < 4.78 is 17.9. The van der Waals surface area contributed by atoms with Crippen molar-refractivity contribution in [2.45, 2.75) is 6.42 Å². The summed E-state index contributed by atoms with van der Waals surface area (Å²) in [5.41, 5.74) is 2.10. The Morgan fingerprint density at radius 2 is 2.05 bits per heavy atom. The molecule has 0 aliphatic heterocycles. The van der Waals surface area contributed by atoms with Crippen LogP contribution in [-0.4, -0.2) is 16.0 Å². The maximum Gasteiger partial charge on any atom is 0.231 e. The molecule has 3 aromatic rings. The molecule has 6 heteroatoms. The van der Waals surface area contributed by atoms with Gasteiger partial charge in [-0.3, -0.25) is 15.1 Å². The fourth-order valence-electron chi connectivity index (χ4n) is 1.95. The molecular weight excluding hydrogens is 285 g/mol. The monoisotopic (exact) mass is 297 g/mol. The first-order valence-corrected chi connectivity index (χ1v) is 6.62. The van der Waals surface area contributed by atoms with Gasteiger partial charge in [-0.2, -0.15) is 0 Å². The number of rotatable bonds is 4. The Hall–Kier alpha value is -3.02. The number of hydrogen-bond acceptors (Lipinski definition) is 4. The smallest absolute Gasteiger partial charge is 0.231 e. The molecule has 22 heavy (non-hydrogen) atoms. The third kappa shape index (κ3) is 3.35. The number of pyridine rings is 1. The Kier molecular flexibility index (Phi) is 3.91. The Labute approximate surface area is 125 Å². The summed E-state index contributed by atoms with van der Waals surface area (Å²) in [5, 5.41) is 6.49. The van der Waals surface area contributed by atoms with Crippen LogP contribution in [0.2, 0.25) is 0 Å². The Morgan fingerprint density at radius 1 is 1.23 bits per heavy atom. The van der Waals surface area contributed by atoms with E-state index in [1.54, 1.807) is 36.7 Å². The highest BCUT2D eigenvalue weighted by atomic mass is 19.1. The van der Waals surface area contributed by atoms with Gasteiger partial charge in [0.2, 0.25) is 11.8 Å². The van der Waals surface area contributed by atoms with E-state index in [4.69, 9.17) is 4.52 Å². The van der Waals surface area contributed by atoms with E-state index in [-0.39, 0.29) is 24.0 Å². The van der Waals surface area contributed by atoms with Gasteiger partial charge >= 0.3 is 0 Å². The molecular formula is C16H12FN3O2. The van der Waals surface area contributed by atoms with E-state index in [1.165, 1.54) is 12.1 Å². The highest BCUT2D eigenvalue weighted by molar-refractivity contribution is 5.91. The fourth-order valence-corrected chi connectivity index (χ4v) is 1.95. The molecule has 0 fully saturated rings. The minimum atomic E-state index is -0.333. The van der Waals surface area contributed by atoms with E-state index in [0.717, 1.165) is 5.56 Å². The maximum absolute atomic E-state index is 12.8. The lowest BCUT2D eigenvalue weighted by Gasteiger charge is -2.01. The molecule has 0 aliphatic carbocycles. The molecule has 2 aromatic heterocycles. The van der Waals surface area contributed by atoms with Crippen LogP contribution in [0.1, 0.15) is 5.56 Å². The quantitative estimate of drug-likeness (QED) is 0.803. The first-order chi connectivity index (χ1) is 10.7. The minimum absolute atomic E-state index is 0.128. The largest absolute Gasteiger partial charge is 0.338 e. The zero-order valence-corrected chi connectivity index (χ0v) is 11.5. The molecule has 2 heterocycles. The maximum atomic E-state index is 12.8. The van der Waals surface area contributed by atoms with Gasteiger partial charge in [-0.15, -0.1) is 0 Å². The van der Waals surface area contributed by atoms with Gasteiger partial charge in [-0.25, -0.2) is 4.39 Å². The zero-order chi connectivity index (χ0) is 15.4. The molecule has 110 valence electrons. The molecule has 1 amide bonds. The van der Waals surface area contributed by atoms with Crippen molar-refractivity contribution < 1.29 is 13.7 Å². The van der Waals surface area contributed by atoms with Gasteiger partial charge in [0, 0.05) is 24.0 Å². The van der Waals surface area contributed by atoms with Gasteiger partial charge in [-0.1, -0.05) is 17.3 Å². The first-order valence-electron chi connectivity index (χ1n) is 6.62. The summed E-state index contributed by atoms with van der Waals surface area (Å²) >= 11 is 0. The number of carbonyl (C=O) groups excluding carboxylic acids is 1. The average molecular weight is 297 g/mol. The lowest BCUT2D eigenvalue weighted by molar-refractivity contribution is -0.115. The van der Waals surface area contributed by atoms with Crippen LogP contribution in [0.4, 0.5) is 10.3 Å². The Morgan fingerprint density at radius 3 is 2.77 bits per heavy atom. The number of hydrogen-bond donors (Lipinski definition) is 1. The molecule has 0 radical (unpaired) electrons. The van der Waals surface area contributed by atoms with Crippen LogP contribution >= 0.6 is 0 Å². The molecule has 0 bridgehead atoms. The molecule has 0 saturated heterocycles. The average Bonchev–Trinajstić information content (AvgIpc) is 2.99. The second kappa shape index (κ2) is 6.17. The lowest BCUT2D eigenvalue weighted by Crippen LogP contribution is -2.13. The summed E-state index contributed by atoms with van der Waals surface area (Å²) in [5.74, 6) is -0.341. The molecule has 1 N–H and O–H groups in total. The van der Waals surface area contributed by atoms with Gasteiger partial charge < -0.3 is 4.52 Å². The van der Waals surface area contributed by atoms with Crippen molar-refractivity contribution in [3.63, 3.8) is 0 Å². The van der Waals surface area contributed by atoms with Gasteiger partial charge in [0.25, 0.3) is 0 Å². The number of nitrogens with zero attached hydrogens (tertiary/aromatic N) is 2. The molecule has 0 spiro atoms. The molecule has 1 aromatic carbocycles. The van der Waals surface area contributed by atoms with Crippen molar-refractivity contribution in [3.05, 3.63) is 66.2 Å². The zero-order valence-electron chi connectivity index (χ0n) is 11.5. The van der Waals surface area contributed by atoms with Crippen molar-refractivity contribution in [3.8, 4) is 11.3 Å². The Balaban J connectivity index is 1.65. The van der Waals surface area contributed by atoms with Crippen molar-refractivity contribution in [1.29, 1.82) is 0 Å². The normalized spacial score (nSPS) is 10.4. The lowest BCUT2D eigenvalue weighted by atomic mass is 10.1. The summed E-state index contributed by atoms with van der Waals surface area (Å²) in [6, 6.07) is 11.0. The van der Waals surface area contributed by atoms with Crippen molar-refractivity contribution in [2.24, 2.45) is 0 Å². The summed E-state index contributed by atoms with van der Waals surface area (Å²) in [6.45, 7) is 0. The standard InChI is InChI=1S/C16H12FN3O2/c17-13-5-3-11(4-6-13)8-15(21)19-16-9-14(20-22-16)12-2-1-7-18-10-12/h1-7,9-10H,8H2,(H,19,21). The van der Waals surface area contributed by atoms with Crippen LogP contribution in [0.15, 0.2) is 59.4 Å². The first kappa shape index (κ1) is 13.9. The number of nitrogens with one attached hydrogen (secondary N) is 1. The number of benzene rings is 1. The summed E-state index contributed by atoms with van der Waals surface area (Å²) in [4.78, 5) is 15.9. The topological polar surface area (TPSA) is 68.0 Å². The van der Waals surface area contributed by atoms with E-state index in [9.17, 15) is 9.18 Å². The van der Waals surface area contributed by atoms with Crippen LogP contribution in [0.3, 0.4) is 0 Å². The van der Waals surface area contributed by atoms with E-state index < -0.39 is 0 Å². The molecule has 0 unspecified atom stereocenters. The van der Waals surface area contributed by atoms with Crippen LogP contribution in [0.5, 0.6) is 0 Å². The number of halogens is 1. The van der Waals surface area contributed by atoms with Gasteiger partial charge in [-0.05, 0) is 29.8 Å². The van der Waals surface area contributed by atoms with Crippen LogP contribution in [0.25, 0.3) is 11.3 Å². The van der Waals surface area contributed by atoms with E-state index in [2.05, 4.69) is 15.5 Å². The second-order valence-corrected chi connectivity index (χ2v) is 4.67. The fraction of sp³-hybridized carbons (Fsp3) is 0.0625. The molecule has 0 saturated carbocycles. The van der Waals surface area contributed by atoms with E-state index in [1.807, 2.05) is 6.07 Å². The van der Waals surface area contributed by atoms with E-state index >= 15 is 0 Å². The van der Waals surface area contributed by atoms with Crippen LogP contribution in [-0.2, 0) is 11.2 Å². The predicted octanol–water partition coefficient (Wildman–Crippen LogP) is 3.06. The summed E-state index contributed by atoms with van der Waals surface area (Å²) in [6.07, 6.45) is 3.44. The van der Waals surface area contributed by atoms with E-state index in [0.29, 0.717) is 11.3 Å². The van der Waals surface area contributed by atoms with Crippen molar-refractivity contribution in [2.75, 3.05) is 5.32 Å². The van der Waals surface area contributed by atoms with Crippen LogP contribution in [0, 0.1) is 5.82 Å². The van der Waals surface area contributed by atoms with Gasteiger partial charge in [0.1, 0.15) is 11.5 Å². The number of carbonyl (C=O) groups is 1. The predicted molar refractivity (Wildman–Crippen MR) is 78.5 cm³/mol. The van der Waals surface area contributed by atoms with Gasteiger partial charge in [0.05, 0.1) is 6.42 Å². The third-order valence-electron chi connectivity index (χ3n) is 3.01. The van der Waals surface area contributed by atoms with Crippen LogP contribution < -0.4 is 5.32 Å². The highest BCUT2D eigenvalue weighted by Gasteiger charge is 2.10. The molecule has 5 nitrogen and oxygen atoms in total. The molecule has 0 aliphatic rings. The Bertz CT molecular complexity index is 770.